The van der Waals surface area contributed by atoms with Crippen molar-refractivity contribution in [1.29, 1.82) is 0 Å². The molecule has 6 heterocycles. The van der Waals surface area contributed by atoms with Crippen LogP contribution in [-0.2, 0) is 0 Å². The summed E-state index contributed by atoms with van der Waals surface area (Å²) >= 11 is 0. The van der Waals surface area contributed by atoms with Gasteiger partial charge in [0.05, 0.1) is 5.69 Å². The maximum Gasteiger partial charge on any atom is 0.229 e. The van der Waals surface area contributed by atoms with Crippen LogP contribution in [0, 0.1) is 0 Å². The number of nitrogens with zero attached hydrogens (tertiary/aromatic N) is 8. The number of imidazole rings is 1. The summed E-state index contributed by atoms with van der Waals surface area (Å²) in [4.78, 5) is 25.8. The normalized spacial score (nSPS) is 15.0. The third-order valence-electron chi connectivity index (χ3n) is 5.79. The van der Waals surface area contributed by atoms with Crippen molar-refractivity contribution >= 4 is 34.1 Å². The van der Waals surface area contributed by atoms with Gasteiger partial charge in [-0.3, -0.25) is 0 Å². The van der Waals surface area contributed by atoms with Gasteiger partial charge in [0.25, 0.3) is 0 Å². The molecule has 160 valence electrons. The van der Waals surface area contributed by atoms with Crippen LogP contribution in [0.3, 0.4) is 0 Å². The fourth-order valence-electron chi connectivity index (χ4n) is 3.97. The average Bonchev–Trinajstić information content (AvgIpc) is 3.46. The van der Waals surface area contributed by atoms with Crippen molar-refractivity contribution in [2.45, 2.75) is 0 Å². The van der Waals surface area contributed by atoms with Crippen LogP contribution < -0.4 is 10.2 Å². The Labute approximate surface area is 184 Å². The highest BCUT2D eigenvalue weighted by molar-refractivity contribution is 5.92. The molecule has 1 fully saturated rings. The third kappa shape index (κ3) is 3.40. The third-order valence-corrected chi connectivity index (χ3v) is 5.79. The Bertz CT molecular complexity index is 1400. The lowest BCUT2D eigenvalue weighted by atomic mass is 10.2. The van der Waals surface area contributed by atoms with Gasteiger partial charge in [0.2, 0.25) is 5.95 Å². The minimum Gasteiger partial charge on any atom is -0.354 e. The van der Waals surface area contributed by atoms with Gasteiger partial charge in [-0.25, -0.2) is 19.5 Å². The molecule has 2 N–H and O–H groups in total. The summed E-state index contributed by atoms with van der Waals surface area (Å²) in [5.41, 5.74) is 4.25. The minimum absolute atomic E-state index is 0.527. The number of nitrogens with one attached hydrogen (secondary N) is 2. The summed E-state index contributed by atoms with van der Waals surface area (Å²) < 4.78 is 1.76. The van der Waals surface area contributed by atoms with Crippen molar-refractivity contribution in [2.24, 2.45) is 0 Å². The van der Waals surface area contributed by atoms with E-state index >= 15 is 0 Å². The van der Waals surface area contributed by atoms with Crippen molar-refractivity contribution in [3.63, 3.8) is 0 Å². The van der Waals surface area contributed by atoms with E-state index in [2.05, 4.69) is 52.2 Å². The van der Waals surface area contributed by atoms with Crippen LogP contribution in [0.5, 0.6) is 0 Å². The molecule has 32 heavy (non-hydrogen) atoms. The highest BCUT2D eigenvalue weighted by Gasteiger charge is 2.16. The summed E-state index contributed by atoms with van der Waals surface area (Å²) in [5.74, 6) is 1.49. The molecular formula is C22H22N10. The number of aromatic nitrogens is 7. The highest BCUT2D eigenvalue weighted by atomic mass is 15.3. The monoisotopic (exact) mass is 426 g/mol. The van der Waals surface area contributed by atoms with Crippen LogP contribution in [0.25, 0.3) is 27.9 Å². The minimum atomic E-state index is 0.527. The Kier molecular flexibility index (Phi) is 4.43. The Morgan fingerprint density at radius 3 is 2.81 bits per heavy atom. The van der Waals surface area contributed by atoms with E-state index in [-0.39, 0.29) is 0 Å². The summed E-state index contributed by atoms with van der Waals surface area (Å²) in [7, 11) is 2.15. The molecule has 5 aromatic rings. The summed E-state index contributed by atoms with van der Waals surface area (Å²) in [5, 5.41) is 8.84. The first-order valence-corrected chi connectivity index (χ1v) is 10.5. The number of H-pyrrole nitrogens is 1. The molecule has 0 spiro atoms. The molecule has 0 saturated carbocycles. The summed E-state index contributed by atoms with van der Waals surface area (Å²) in [6.45, 7) is 4.02. The van der Waals surface area contributed by atoms with Crippen LogP contribution in [-0.4, -0.2) is 72.7 Å². The molecule has 0 bridgehead atoms. The number of likely N-dealkylation sites (N-methyl/N-ethyl adjacent to an activating group) is 1. The van der Waals surface area contributed by atoms with Crippen molar-refractivity contribution in [2.75, 3.05) is 43.4 Å². The molecule has 10 heteroatoms. The molecule has 5 aromatic heterocycles. The Balaban J connectivity index is 1.26. The van der Waals surface area contributed by atoms with E-state index in [9.17, 15) is 0 Å². The first-order valence-electron chi connectivity index (χ1n) is 10.5. The van der Waals surface area contributed by atoms with Gasteiger partial charge in [-0.1, -0.05) is 0 Å². The molecule has 1 aliphatic rings. The Hall–Kier alpha value is -4.05. The lowest BCUT2D eigenvalue weighted by Gasteiger charge is -2.33. The fourth-order valence-corrected chi connectivity index (χ4v) is 3.97. The molecule has 0 aromatic carbocycles. The van der Waals surface area contributed by atoms with Crippen LogP contribution in [0.15, 0.2) is 55.2 Å². The van der Waals surface area contributed by atoms with Crippen molar-refractivity contribution in [1.82, 2.24) is 39.4 Å². The quantitative estimate of drug-likeness (QED) is 0.452. The van der Waals surface area contributed by atoms with Crippen molar-refractivity contribution in [3.05, 3.63) is 55.2 Å². The van der Waals surface area contributed by atoms with E-state index in [1.165, 1.54) is 0 Å². The van der Waals surface area contributed by atoms with Gasteiger partial charge in [-0.15, -0.1) is 0 Å². The molecule has 1 saturated heterocycles. The zero-order valence-corrected chi connectivity index (χ0v) is 17.6. The zero-order valence-electron chi connectivity index (χ0n) is 17.6. The Morgan fingerprint density at radius 2 is 1.91 bits per heavy atom. The molecule has 6 rings (SSSR count). The maximum atomic E-state index is 4.66. The Morgan fingerprint density at radius 1 is 1.00 bits per heavy atom. The van der Waals surface area contributed by atoms with Crippen molar-refractivity contribution < 1.29 is 0 Å². The topological polar surface area (TPSA) is 103 Å². The predicted molar refractivity (Wildman–Crippen MR) is 123 cm³/mol. The van der Waals surface area contributed by atoms with Gasteiger partial charge >= 0.3 is 0 Å². The highest BCUT2D eigenvalue weighted by Crippen LogP contribution is 2.27. The summed E-state index contributed by atoms with van der Waals surface area (Å²) in [6, 6.07) is 7.87. The van der Waals surface area contributed by atoms with E-state index in [0.29, 0.717) is 5.95 Å². The van der Waals surface area contributed by atoms with E-state index < -0.39 is 0 Å². The molecule has 10 nitrogen and oxygen atoms in total. The standard InChI is InChI=1S/C22H22N10/c1-30-8-10-31(11-9-30)20-12-15(4-5-23-20)27-22-26-14-17-16(13-25-21(17)28-22)18-2-3-19-24-6-7-32(19)29-18/h2-7,12-14H,8-11H2,1H3,(H2,23,25,26,27,28). The lowest BCUT2D eigenvalue weighted by Crippen LogP contribution is -2.44. The number of hydrogen-bond acceptors (Lipinski definition) is 8. The molecule has 0 amide bonds. The van der Waals surface area contributed by atoms with Crippen LogP contribution in [0.4, 0.5) is 17.5 Å². The second kappa shape index (κ2) is 7.57. The summed E-state index contributed by atoms with van der Waals surface area (Å²) in [6.07, 6.45) is 9.11. The van der Waals surface area contributed by atoms with E-state index in [0.717, 1.165) is 65.6 Å². The second-order valence-electron chi connectivity index (χ2n) is 7.92. The first-order chi connectivity index (χ1) is 15.7. The first kappa shape index (κ1) is 18.7. The second-order valence-corrected chi connectivity index (χ2v) is 7.92. The SMILES string of the molecule is CN1CCN(c2cc(Nc3ncc4c(-c5ccc6nccn6n5)c[nH]c4n3)ccn2)CC1. The predicted octanol–water partition coefficient (Wildman–Crippen LogP) is 2.56. The van der Waals surface area contributed by atoms with Crippen LogP contribution >= 0.6 is 0 Å². The van der Waals surface area contributed by atoms with Gasteiger partial charge in [-0.05, 0) is 25.2 Å². The van der Waals surface area contributed by atoms with Crippen molar-refractivity contribution in [3.8, 4) is 11.3 Å². The van der Waals surface area contributed by atoms with E-state index in [1.807, 2.05) is 49.1 Å². The molecular weight excluding hydrogens is 404 g/mol. The molecule has 1 aliphatic heterocycles. The van der Waals surface area contributed by atoms with Gasteiger partial charge in [-0.2, -0.15) is 10.1 Å². The van der Waals surface area contributed by atoms with E-state index in [1.54, 1.807) is 10.7 Å². The lowest BCUT2D eigenvalue weighted by molar-refractivity contribution is 0.312. The smallest absolute Gasteiger partial charge is 0.229 e. The molecule has 0 aliphatic carbocycles. The number of rotatable bonds is 4. The number of hydrogen-bond donors (Lipinski definition) is 2. The number of pyridine rings is 1. The van der Waals surface area contributed by atoms with Gasteiger partial charge < -0.3 is 20.1 Å². The van der Waals surface area contributed by atoms with Gasteiger partial charge in [0.15, 0.2) is 5.65 Å². The zero-order chi connectivity index (χ0) is 21.5. The number of fused-ring (bicyclic) bond motifs is 2. The number of piperazine rings is 1. The average molecular weight is 426 g/mol. The molecule has 0 radical (unpaired) electrons. The largest absolute Gasteiger partial charge is 0.354 e. The molecule has 0 unspecified atom stereocenters. The fraction of sp³-hybridized carbons (Fsp3) is 0.227. The number of anilines is 3. The van der Waals surface area contributed by atoms with E-state index in [4.69, 9.17) is 0 Å². The van der Waals surface area contributed by atoms with Crippen LogP contribution in [0.2, 0.25) is 0 Å². The van der Waals surface area contributed by atoms with Crippen LogP contribution in [0.1, 0.15) is 0 Å². The molecule has 0 atom stereocenters. The maximum absolute atomic E-state index is 4.66. The van der Waals surface area contributed by atoms with Gasteiger partial charge in [0, 0.05) is 79.9 Å². The van der Waals surface area contributed by atoms with Gasteiger partial charge in [0.1, 0.15) is 11.5 Å². The number of aromatic amines is 1.